The van der Waals surface area contributed by atoms with Gasteiger partial charge in [-0.3, -0.25) is 0 Å². The SMILES string of the molecule is c1ccc(-c2ccc(-c3scc4ccccc34)s2)cc1. The summed E-state index contributed by atoms with van der Waals surface area (Å²) < 4.78 is 0. The van der Waals surface area contributed by atoms with Crippen molar-refractivity contribution in [1.29, 1.82) is 0 Å². The van der Waals surface area contributed by atoms with Gasteiger partial charge < -0.3 is 0 Å². The Bertz CT molecular complexity index is 853. The second-order valence-electron chi connectivity index (χ2n) is 4.68. The van der Waals surface area contributed by atoms with Crippen molar-refractivity contribution in [1.82, 2.24) is 0 Å². The fourth-order valence-electron chi connectivity index (χ4n) is 2.40. The molecule has 0 aliphatic heterocycles. The van der Waals surface area contributed by atoms with Crippen LogP contribution in [-0.4, -0.2) is 0 Å². The quantitative estimate of drug-likeness (QED) is 0.407. The Labute approximate surface area is 126 Å². The maximum atomic E-state index is 2.24. The van der Waals surface area contributed by atoms with Gasteiger partial charge in [-0.25, -0.2) is 0 Å². The second-order valence-corrected chi connectivity index (χ2v) is 6.65. The van der Waals surface area contributed by atoms with E-state index in [0.29, 0.717) is 0 Å². The van der Waals surface area contributed by atoms with Crippen molar-refractivity contribution in [3.05, 3.63) is 72.1 Å². The molecule has 0 N–H and O–H groups in total. The lowest BCUT2D eigenvalue weighted by atomic mass is 10.1. The van der Waals surface area contributed by atoms with Crippen molar-refractivity contribution in [3.8, 4) is 20.2 Å². The van der Waals surface area contributed by atoms with Crippen LogP contribution in [0, 0.1) is 0 Å². The highest BCUT2D eigenvalue weighted by atomic mass is 32.1. The van der Waals surface area contributed by atoms with Crippen LogP contribution < -0.4 is 0 Å². The summed E-state index contributed by atoms with van der Waals surface area (Å²) in [6, 6.07) is 23.7. The molecule has 0 fully saturated rings. The van der Waals surface area contributed by atoms with Gasteiger partial charge in [0.15, 0.2) is 0 Å². The van der Waals surface area contributed by atoms with Crippen molar-refractivity contribution >= 4 is 33.4 Å². The Morgan fingerprint density at radius 2 is 1.40 bits per heavy atom. The fraction of sp³-hybridized carbons (Fsp3) is 0. The predicted molar refractivity (Wildman–Crippen MR) is 90.6 cm³/mol. The maximum Gasteiger partial charge on any atom is 0.0521 e. The molecule has 2 heteroatoms. The van der Waals surface area contributed by atoms with Gasteiger partial charge in [-0.15, -0.1) is 22.7 Å². The summed E-state index contributed by atoms with van der Waals surface area (Å²) in [4.78, 5) is 4.07. The van der Waals surface area contributed by atoms with Crippen LogP contribution >= 0.6 is 22.7 Å². The van der Waals surface area contributed by atoms with Crippen molar-refractivity contribution in [2.24, 2.45) is 0 Å². The van der Waals surface area contributed by atoms with E-state index < -0.39 is 0 Å². The van der Waals surface area contributed by atoms with Crippen LogP contribution in [0.3, 0.4) is 0 Å². The smallest absolute Gasteiger partial charge is 0.0521 e. The topological polar surface area (TPSA) is 0 Å². The Morgan fingerprint density at radius 1 is 0.650 bits per heavy atom. The van der Waals surface area contributed by atoms with Gasteiger partial charge in [0.05, 0.1) is 4.88 Å². The summed E-state index contributed by atoms with van der Waals surface area (Å²) in [7, 11) is 0. The predicted octanol–water partition coefficient (Wildman–Crippen LogP) is 6.30. The summed E-state index contributed by atoms with van der Waals surface area (Å²) >= 11 is 3.70. The summed E-state index contributed by atoms with van der Waals surface area (Å²) in [5.41, 5.74) is 1.30. The van der Waals surface area contributed by atoms with Crippen LogP contribution in [0.2, 0.25) is 0 Å². The molecule has 0 amide bonds. The van der Waals surface area contributed by atoms with Crippen LogP contribution in [0.15, 0.2) is 72.1 Å². The largest absolute Gasteiger partial charge is 0.142 e. The Balaban J connectivity index is 1.82. The zero-order chi connectivity index (χ0) is 13.4. The number of hydrogen-bond acceptors (Lipinski definition) is 2. The third kappa shape index (κ3) is 1.98. The van der Waals surface area contributed by atoms with E-state index in [-0.39, 0.29) is 0 Å². The zero-order valence-electron chi connectivity index (χ0n) is 10.7. The van der Waals surface area contributed by atoms with Crippen molar-refractivity contribution in [2.75, 3.05) is 0 Å². The first-order valence-electron chi connectivity index (χ1n) is 6.54. The van der Waals surface area contributed by atoms with E-state index >= 15 is 0 Å². The van der Waals surface area contributed by atoms with Gasteiger partial charge in [-0.05, 0) is 28.5 Å². The minimum atomic E-state index is 1.30. The number of thiophene rings is 2. The molecule has 2 heterocycles. The van der Waals surface area contributed by atoms with E-state index in [1.165, 1.54) is 31.0 Å². The van der Waals surface area contributed by atoms with E-state index in [1.807, 2.05) is 22.7 Å². The van der Waals surface area contributed by atoms with Gasteiger partial charge >= 0.3 is 0 Å². The molecule has 0 unspecified atom stereocenters. The van der Waals surface area contributed by atoms with Gasteiger partial charge in [0.2, 0.25) is 0 Å². The first-order valence-corrected chi connectivity index (χ1v) is 8.23. The lowest BCUT2D eigenvalue weighted by molar-refractivity contribution is 1.70. The Kier molecular flexibility index (Phi) is 2.91. The summed E-state index contributed by atoms with van der Waals surface area (Å²) in [5, 5.41) is 4.94. The van der Waals surface area contributed by atoms with Crippen LogP contribution in [0.1, 0.15) is 0 Å². The maximum absolute atomic E-state index is 2.24. The van der Waals surface area contributed by atoms with Gasteiger partial charge in [0.25, 0.3) is 0 Å². The fourth-order valence-corrected chi connectivity index (χ4v) is 4.58. The van der Waals surface area contributed by atoms with Crippen LogP contribution in [0.5, 0.6) is 0 Å². The van der Waals surface area contributed by atoms with Crippen molar-refractivity contribution in [3.63, 3.8) is 0 Å². The first kappa shape index (κ1) is 11.9. The highest BCUT2D eigenvalue weighted by Crippen LogP contribution is 2.40. The molecule has 0 radical (unpaired) electrons. The summed E-state index contributed by atoms with van der Waals surface area (Å²) in [6.45, 7) is 0. The van der Waals surface area contributed by atoms with Crippen molar-refractivity contribution < 1.29 is 0 Å². The summed E-state index contributed by atoms with van der Waals surface area (Å²) in [6.07, 6.45) is 0. The molecule has 4 aromatic rings. The van der Waals surface area contributed by atoms with E-state index in [2.05, 4.69) is 72.1 Å². The third-order valence-electron chi connectivity index (χ3n) is 3.40. The van der Waals surface area contributed by atoms with Gasteiger partial charge in [-0.2, -0.15) is 0 Å². The molecule has 96 valence electrons. The number of hydrogen-bond donors (Lipinski definition) is 0. The Morgan fingerprint density at radius 3 is 2.30 bits per heavy atom. The molecule has 0 aliphatic rings. The van der Waals surface area contributed by atoms with E-state index in [1.54, 1.807) is 0 Å². The molecular formula is C18H12S2. The first-order chi connectivity index (χ1) is 9.92. The minimum absolute atomic E-state index is 1.30. The lowest BCUT2D eigenvalue weighted by Gasteiger charge is -1.96. The monoisotopic (exact) mass is 292 g/mol. The number of fused-ring (bicyclic) bond motifs is 1. The lowest BCUT2D eigenvalue weighted by Crippen LogP contribution is -1.68. The average Bonchev–Trinajstić information content (AvgIpc) is 3.14. The van der Waals surface area contributed by atoms with E-state index in [0.717, 1.165) is 0 Å². The molecule has 0 aliphatic carbocycles. The zero-order valence-corrected chi connectivity index (χ0v) is 12.4. The van der Waals surface area contributed by atoms with Gasteiger partial charge in [0, 0.05) is 15.1 Å². The summed E-state index contributed by atoms with van der Waals surface area (Å²) in [5.74, 6) is 0. The van der Waals surface area contributed by atoms with Crippen LogP contribution in [0.25, 0.3) is 31.0 Å². The van der Waals surface area contributed by atoms with Gasteiger partial charge in [-0.1, -0.05) is 54.6 Å². The van der Waals surface area contributed by atoms with Crippen LogP contribution in [0.4, 0.5) is 0 Å². The molecule has 0 bridgehead atoms. The van der Waals surface area contributed by atoms with E-state index in [9.17, 15) is 0 Å². The Hall–Kier alpha value is -1.90. The molecule has 20 heavy (non-hydrogen) atoms. The molecule has 2 aromatic heterocycles. The second kappa shape index (κ2) is 4.89. The highest BCUT2D eigenvalue weighted by Gasteiger charge is 2.09. The number of rotatable bonds is 2. The molecule has 2 aromatic carbocycles. The normalized spacial score (nSPS) is 11.0. The van der Waals surface area contributed by atoms with Crippen LogP contribution in [-0.2, 0) is 0 Å². The molecule has 4 rings (SSSR count). The molecule has 0 nitrogen and oxygen atoms in total. The molecular weight excluding hydrogens is 280 g/mol. The highest BCUT2D eigenvalue weighted by molar-refractivity contribution is 7.24. The molecule has 0 saturated carbocycles. The number of benzene rings is 2. The standard InChI is InChI=1S/C18H12S2/c1-2-6-13(7-3-1)16-10-11-17(20-16)18-15-9-5-4-8-14(15)12-19-18/h1-12H. The minimum Gasteiger partial charge on any atom is -0.142 e. The van der Waals surface area contributed by atoms with E-state index in [4.69, 9.17) is 0 Å². The van der Waals surface area contributed by atoms with Crippen molar-refractivity contribution in [2.45, 2.75) is 0 Å². The molecule has 0 atom stereocenters. The molecule has 0 spiro atoms. The third-order valence-corrected chi connectivity index (χ3v) is 5.73. The van der Waals surface area contributed by atoms with Gasteiger partial charge in [0.1, 0.15) is 0 Å². The average molecular weight is 292 g/mol. The molecule has 0 saturated heterocycles.